The van der Waals surface area contributed by atoms with Gasteiger partial charge in [0.2, 0.25) is 0 Å². The number of carbonyl (C=O) groups excluding carboxylic acids is 2. The maximum Gasteiger partial charge on any atom is 0.311 e. The van der Waals surface area contributed by atoms with E-state index in [-0.39, 0.29) is 11.9 Å². The van der Waals surface area contributed by atoms with Crippen LogP contribution in [0.15, 0.2) is 24.3 Å². The van der Waals surface area contributed by atoms with Gasteiger partial charge in [0.05, 0.1) is 0 Å². The third-order valence-electron chi connectivity index (χ3n) is 3.30. The molecule has 2 aliphatic rings. The van der Waals surface area contributed by atoms with Crippen molar-refractivity contribution >= 4 is 11.9 Å². The zero-order chi connectivity index (χ0) is 14.2. The molecule has 2 heterocycles. The van der Waals surface area contributed by atoms with Crippen LogP contribution in [0.1, 0.15) is 51.4 Å². The largest absolute Gasteiger partial charge is 0.427 e. The van der Waals surface area contributed by atoms with Crippen LogP contribution in [0.25, 0.3) is 0 Å². The van der Waals surface area contributed by atoms with Gasteiger partial charge >= 0.3 is 11.9 Å². The summed E-state index contributed by atoms with van der Waals surface area (Å²) in [5.41, 5.74) is 0. The lowest BCUT2D eigenvalue weighted by molar-refractivity contribution is -0.135. The smallest absolute Gasteiger partial charge is 0.311 e. The second-order valence-electron chi connectivity index (χ2n) is 5.04. The predicted octanol–water partition coefficient (Wildman–Crippen LogP) is 3.63. The quantitative estimate of drug-likeness (QED) is 0.536. The second-order valence-corrected chi connectivity index (χ2v) is 5.04. The third-order valence-corrected chi connectivity index (χ3v) is 3.30. The van der Waals surface area contributed by atoms with Crippen LogP contribution < -0.4 is 9.47 Å². The van der Waals surface area contributed by atoms with Crippen molar-refractivity contribution in [2.24, 2.45) is 0 Å². The lowest BCUT2D eigenvalue weighted by Crippen LogP contribution is -2.09. The number of hydrogen-bond acceptors (Lipinski definition) is 4. The van der Waals surface area contributed by atoms with Gasteiger partial charge in [-0.15, -0.1) is 0 Å². The number of rotatable bonds is 0. The monoisotopic (exact) mass is 276 g/mol. The Hall–Kier alpha value is -1.84. The summed E-state index contributed by atoms with van der Waals surface area (Å²) in [6.45, 7) is 0. The summed E-state index contributed by atoms with van der Waals surface area (Å²) in [6.07, 6.45) is 6.87. The first-order valence-electron chi connectivity index (χ1n) is 7.25. The van der Waals surface area contributed by atoms with E-state index in [0.717, 1.165) is 38.5 Å². The van der Waals surface area contributed by atoms with Crippen LogP contribution in [-0.2, 0) is 9.59 Å². The molecule has 2 aliphatic heterocycles. The van der Waals surface area contributed by atoms with Crippen molar-refractivity contribution in [3.63, 3.8) is 0 Å². The van der Waals surface area contributed by atoms with E-state index < -0.39 is 0 Å². The van der Waals surface area contributed by atoms with Crippen LogP contribution in [0.2, 0.25) is 0 Å². The summed E-state index contributed by atoms with van der Waals surface area (Å²) in [7, 11) is 0. The SMILES string of the molecule is O=C1CCCCCCCCC(=O)Oc2ccc(cc2)O1. The van der Waals surface area contributed by atoms with Gasteiger partial charge in [-0.2, -0.15) is 0 Å². The lowest BCUT2D eigenvalue weighted by Gasteiger charge is -2.08. The summed E-state index contributed by atoms with van der Waals surface area (Å²) in [5.74, 6) is 0.562. The van der Waals surface area contributed by atoms with Crippen LogP contribution in [0.3, 0.4) is 0 Å². The molecule has 0 N–H and O–H groups in total. The van der Waals surface area contributed by atoms with Crippen molar-refractivity contribution in [1.82, 2.24) is 0 Å². The molecule has 4 nitrogen and oxygen atoms in total. The molecule has 0 spiro atoms. The molecule has 2 bridgehead atoms. The fraction of sp³-hybridized carbons (Fsp3) is 0.500. The van der Waals surface area contributed by atoms with Crippen molar-refractivity contribution in [3.05, 3.63) is 24.3 Å². The molecule has 108 valence electrons. The zero-order valence-electron chi connectivity index (χ0n) is 11.6. The van der Waals surface area contributed by atoms with E-state index >= 15 is 0 Å². The Balaban J connectivity index is 2.00. The minimum absolute atomic E-state index is 0.207. The van der Waals surface area contributed by atoms with Gasteiger partial charge in [-0.3, -0.25) is 9.59 Å². The van der Waals surface area contributed by atoms with Crippen molar-refractivity contribution in [1.29, 1.82) is 0 Å². The summed E-state index contributed by atoms with van der Waals surface area (Å²) in [4.78, 5) is 23.2. The summed E-state index contributed by atoms with van der Waals surface area (Å²) in [5, 5.41) is 0. The van der Waals surface area contributed by atoms with Gasteiger partial charge in [-0.25, -0.2) is 0 Å². The Kier molecular flexibility index (Phi) is 5.59. The van der Waals surface area contributed by atoms with Crippen molar-refractivity contribution in [2.45, 2.75) is 51.4 Å². The van der Waals surface area contributed by atoms with Gasteiger partial charge in [-0.1, -0.05) is 25.7 Å². The van der Waals surface area contributed by atoms with E-state index in [9.17, 15) is 9.59 Å². The first-order valence-corrected chi connectivity index (χ1v) is 7.25. The van der Waals surface area contributed by atoms with E-state index in [2.05, 4.69) is 0 Å². The molecule has 0 saturated heterocycles. The Bertz CT molecular complexity index is 407. The minimum Gasteiger partial charge on any atom is -0.427 e. The molecule has 1 aromatic carbocycles. The molecule has 0 unspecified atom stereocenters. The Labute approximate surface area is 119 Å². The molecule has 20 heavy (non-hydrogen) atoms. The van der Waals surface area contributed by atoms with Crippen LogP contribution in [0.5, 0.6) is 11.5 Å². The molecular weight excluding hydrogens is 256 g/mol. The predicted molar refractivity (Wildman–Crippen MR) is 74.6 cm³/mol. The molecule has 0 aromatic heterocycles. The number of carbonyl (C=O) groups is 2. The number of esters is 2. The second kappa shape index (κ2) is 7.68. The van der Waals surface area contributed by atoms with E-state index in [1.54, 1.807) is 24.3 Å². The molecule has 4 heteroatoms. The molecule has 0 radical (unpaired) electrons. The fourth-order valence-corrected chi connectivity index (χ4v) is 2.19. The average Bonchev–Trinajstić information content (AvgIpc) is 2.43. The molecule has 0 fully saturated rings. The Morgan fingerprint density at radius 3 is 1.35 bits per heavy atom. The topological polar surface area (TPSA) is 52.6 Å². The van der Waals surface area contributed by atoms with Gasteiger partial charge in [-0.05, 0) is 37.1 Å². The van der Waals surface area contributed by atoms with E-state index in [1.165, 1.54) is 0 Å². The summed E-state index contributed by atoms with van der Waals surface area (Å²) < 4.78 is 10.4. The van der Waals surface area contributed by atoms with Crippen LogP contribution in [-0.4, -0.2) is 11.9 Å². The van der Waals surface area contributed by atoms with Crippen molar-refractivity contribution < 1.29 is 19.1 Å². The van der Waals surface area contributed by atoms with Gasteiger partial charge in [0.1, 0.15) is 11.5 Å². The van der Waals surface area contributed by atoms with Gasteiger partial charge in [0.25, 0.3) is 0 Å². The number of fused-ring (bicyclic) bond motifs is 13. The lowest BCUT2D eigenvalue weighted by atomic mass is 10.1. The molecule has 0 saturated carbocycles. The van der Waals surface area contributed by atoms with E-state index in [1.807, 2.05) is 0 Å². The Morgan fingerprint density at radius 2 is 0.950 bits per heavy atom. The molecule has 1 aromatic rings. The van der Waals surface area contributed by atoms with Crippen LogP contribution in [0.4, 0.5) is 0 Å². The highest BCUT2D eigenvalue weighted by Gasteiger charge is 2.08. The van der Waals surface area contributed by atoms with E-state index in [4.69, 9.17) is 9.47 Å². The average molecular weight is 276 g/mol. The van der Waals surface area contributed by atoms with Gasteiger partial charge < -0.3 is 9.47 Å². The first-order chi connectivity index (χ1) is 9.74. The minimum atomic E-state index is -0.207. The number of hydrogen-bond donors (Lipinski definition) is 0. The third kappa shape index (κ3) is 5.03. The Morgan fingerprint density at radius 1 is 0.600 bits per heavy atom. The van der Waals surface area contributed by atoms with Crippen LogP contribution in [0, 0.1) is 0 Å². The summed E-state index contributed by atoms with van der Waals surface area (Å²) in [6, 6.07) is 6.58. The maximum absolute atomic E-state index is 11.6. The summed E-state index contributed by atoms with van der Waals surface area (Å²) >= 11 is 0. The van der Waals surface area contributed by atoms with Crippen molar-refractivity contribution in [3.8, 4) is 11.5 Å². The number of benzene rings is 1. The normalized spacial score (nSPS) is 18.4. The molecular formula is C16H20O4. The van der Waals surface area contributed by atoms with E-state index in [0.29, 0.717) is 24.3 Å². The van der Waals surface area contributed by atoms with Crippen molar-refractivity contribution in [2.75, 3.05) is 0 Å². The molecule has 0 atom stereocenters. The molecule has 0 aliphatic carbocycles. The fourth-order valence-electron chi connectivity index (χ4n) is 2.19. The molecule has 3 rings (SSSR count). The van der Waals surface area contributed by atoms with Gasteiger partial charge in [0.15, 0.2) is 0 Å². The van der Waals surface area contributed by atoms with Crippen LogP contribution >= 0.6 is 0 Å². The zero-order valence-corrected chi connectivity index (χ0v) is 11.6. The highest BCUT2D eigenvalue weighted by Crippen LogP contribution is 2.20. The highest BCUT2D eigenvalue weighted by atomic mass is 16.5. The molecule has 0 amide bonds. The van der Waals surface area contributed by atoms with Gasteiger partial charge in [0, 0.05) is 12.8 Å². The first kappa shape index (κ1) is 14.6. The number of ether oxygens (including phenoxy) is 2. The highest BCUT2D eigenvalue weighted by molar-refractivity contribution is 5.73. The standard InChI is InChI=1S/C16H20O4/c17-15-7-5-3-1-2-4-6-8-16(18)20-14-11-9-13(19-15)10-12-14/h9-12H,1-8H2. The maximum atomic E-state index is 11.6.